The van der Waals surface area contributed by atoms with Crippen LogP contribution in [0.5, 0.6) is 0 Å². The van der Waals surface area contributed by atoms with Crippen LogP contribution < -0.4 is 0 Å². The second-order valence-electron chi connectivity index (χ2n) is 0.101. The van der Waals surface area contributed by atoms with Crippen molar-refractivity contribution >= 4 is 147 Å². The zero-order chi connectivity index (χ0) is 4.71. The van der Waals surface area contributed by atoms with Gasteiger partial charge in [0.05, 0.1) is 0 Å². The zero-order valence-electron chi connectivity index (χ0n) is 3.55. The van der Waals surface area contributed by atoms with Crippen molar-refractivity contribution in [3.63, 3.8) is 0 Å². The third-order valence-corrected chi connectivity index (χ3v) is 0. The van der Waals surface area contributed by atoms with Crippen molar-refractivity contribution in [2.75, 3.05) is 0 Å². The van der Waals surface area contributed by atoms with E-state index in [4.69, 9.17) is 0 Å². The molecule has 0 atom stereocenters. The second-order valence-corrected chi connectivity index (χ2v) is 0.416. The van der Waals surface area contributed by atoms with Crippen molar-refractivity contribution in [1.29, 1.82) is 0 Å². The minimum absolute atomic E-state index is 0. The molecular weight excluding hydrogens is 460 g/mol. The fraction of sp³-hybridized carbons (Fsp3) is 0. The van der Waals surface area contributed by atoms with Gasteiger partial charge in [0.2, 0.25) is 0 Å². The Labute approximate surface area is 145 Å². The van der Waals surface area contributed by atoms with Crippen molar-refractivity contribution in [3.05, 3.63) is 0 Å². The standard InChI is InChI=1S/Bi.Ca.2FH.HI.K.Li.4H/h;;3*1H;;;;;;/q;+2;;;;;+1;;;;/p-3. The van der Waals surface area contributed by atoms with Crippen LogP contribution in [0.15, 0.2) is 0 Å². The normalized spacial score (nSPS) is 2.43. The van der Waals surface area contributed by atoms with E-state index in [9.17, 15) is 2.73 Å². The molecule has 0 saturated carbocycles. The minimum atomic E-state index is -2.88. The topological polar surface area (TPSA) is 0 Å². The van der Waals surface area contributed by atoms with Gasteiger partial charge in [-0.1, -0.05) is 0 Å². The average Bonchev–Trinajstić information content (AvgIpc) is 1.46. The zero-order valence-corrected chi connectivity index (χ0v) is 13.4. The predicted octanol–water partition coefficient (Wildman–Crippen LogP) is -0.868. The van der Waals surface area contributed by atoms with E-state index in [2.05, 4.69) is 19.9 Å². The van der Waals surface area contributed by atoms with Gasteiger partial charge in [-0.05, 0) is 0 Å². The van der Waals surface area contributed by atoms with Crippen LogP contribution in [0, 0.1) is 0 Å². The fourth-order valence-corrected chi connectivity index (χ4v) is 0. The first-order valence-electron chi connectivity index (χ1n) is 0.912. The van der Waals surface area contributed by atoms with Gasteiger partial charge in [0.1, 0.15) is 0 Å². The monoisotopic (exact) mass is 464 g/mol. The summed E-state index contributed by atoms with van der Waals surface area (Å²) in [5, 5.41) is 0. The molecule has 0 saturated heterocycles. The number of hydrogen-bond donors (Lipinski definition) is 0. The molecule has 34 valence electrons. The van der Waals surface area contributed by atoms with Gasteiger partial charge >= 0.3 is 150 Å². The molecule has 0 fully saturated rings. The Hall–Kier alpha value is 4.97. The van der Waals surface area contributed by atoms with Crippen LogP contribution in [0.1, 0.15) is 0 Å². The van der Waals surface area contributed by atoms with Crippen LogP contribution in [0.3, 0.4) is 0 Å². The molecule has 0 N–H and O–H groups in total. The van der Waals surface area contributed by atoms with E-state index >= 15 is 0 Å². The summed E-state index contributed by atoms with van der Waals surface area (Å²) in [6.45, 7) is 0. The molecule has 0 aromatic heterocycles. The first-order chi connectivity index (χ1) is 2.41. The Balaban J connectivity index is -0.0000000105. The molecule has 0 aliphatic heterocycles. The molecule has 0 rings (SSSR count). The van der Waals surface area contributed by atoms with Crippen LogP contribution >= 0.6 is 19.9 Å². The molecule has 0 aromatic rings. The summed E-state index contributed by atoms with van der Waals surface area (Å²) in [5.41, 5.74) is 0. The van der Waals surface area contributed by atoms with Crippen LogP contribution in [-0.4, -0.2) is 127 Å². The number of hydrogen-bond acceptors (Lipinski definition) is 0. The van der Waals surface area contributed by atoms with Gasteiger partial charge in [-0.2, -0.15) is 0 Å². The first kappa shape index (κ1) is 22.7. The third kappa shape index (κ3) is 35.7. The van der Waals surface area contributed by atoms with E-state index in [0.29, 0.717) is 0 Å². The Morgan fingerprint density at radius 2 is 1.29 bits per heavy atom. The summed E-state index contributed by atoms with van der Waals surface area (Å²) in [6, 6.07) is 0. The molecule has 0 aromatic carbocycles. The van der Waals surface area contributed by atoms with Gasteiger partial charge in [-0.25, -0.2) is 0 Å². The van der Waals surface area contributed by atoms with E-state index in [1.165, 1.54) is 0 Å². The second kappa shape index (κ2) is 30.6. The molecule has 0 heterocycles. The number of halogens is 3. The fourth-order valence-electron chi connectivity index (χ4n) is 0. The van der Waals surface area contributed by atoms with Crippen molar-refractivity contribution in [2.24, 2.45) is 0 Å². The molecule has 0 nitrogen and oxygen atoms in total. The Bertz CT molecular complexity index is 17.7. The van der Waals surface area contributed by atoms with Gasteiger partial charge in [-0.15, -0.1) is 0 Å². The molecule has 0 spiro atoms. The Morgan fingerprint density at radius 3 is 1.29 bits per heavy atom. The summed E-state index contributed by atoms with van der Waals surface area (Å²) in [4.78, 5) is 0. The summed E-state index contributed by atoms with van der Waals surface area (Å²) >= 11 is 1.25. The predicted molar refractivity (Wildman–Crippen MR) is 44.8 cm³/mol. The summed E-state index contributed by atoms with van der Waals surface area (Å²) in [5.74, 6) is 0. The van der Waals surface area contributed by atoms with E-state index < -0.39 is 35.4 Å². The Morgan fingerprint density at radius 1 is 1.29 bits per heavy atom. The molecule has 7 heavy (non-hydrogen) atoms. The molecule has 0 aliphatic carbocycles. The first-order valence-corrected chi connectivity index (χ1v) is 4.74. The molecule has 0 radical (unpaired) electrons. The molecular formula is H4BiCaF2IKLi. The van der Waals surface area contributed by atoms with Crippen LogP contribution in [0.25, 0.3) is 0 Å². The molecule has 0 aliphatic rings. The molecule has 0 amide bonds. The van der Waals surface area contributed by atoms with Gasteiger partial charge < -0.3 is 0 Å². The van der Waals surface area contributed by atoms with Gasteiger partial charge in [-0.3, -0.25) is 0 Å². The van der Waals surface area contributed by atoms with E-state index in [-0.39, 0.29) is 77.6 Å². The summed E-state index contributed by atoms with van der Waals surface area (Å²) < 4.78 is 19.6. The molecule has 0 unspecified atom stereocenters. The van der Waals surface area contributed by atoms with Crippen LogP contribution in [0.4, 0.5) is 2.73 Å². The van der Waals surface area contributed by atoms with Crippen LogP contribution in [0.2, 0.25) is 0 Å². The molecule has 0 bridgehead atoms. The SMILES string of the molecule is [BiH3].[F][Ca][F].[KH].[Li][I]. The van der Waals surface area contributed by atoms with Crippen molar-refractivity contribution in [2.45, 2.75) is 0 Å². The van der Waals surface area contributed by atoms with Crippen molar-refractivity contribution < 1.29 is 2.73 Å². The van der Waals surface area contributed by atoms with Gasteiger partial charge in [0.15, 0.2) is 0 Å². The maximum absolute atomic E-state index is 9.81. The number of rotatable bonds is 0. The third-order valence-electron chi connectivity index (χ3n) is 0. The van der Waals surface area contributed by atoms with Crippen molar-refractivity contribution in [1.82, 2.24) is 0 Å². The Kier molecular flexibility index (Phi) is 99.1. The summed E-state index contributed by atoms with van der Waals surface area (Å²) in [6.07, 6.45) is 0. The van der Waals surface area contributed by atoms with Gasteiger partial charge in [0, 0.05) is 0 Å². The van der Waals surface area contributed by atoms with E-state index in [0.717, 1.165) is 0 Å². The van der Waals surface area contributed by atoms with E-state index in [1.54, 1.807) is 0 Å². The van der Waals surface area contributed by atoms with E-state index in [1.807, 2.05) is 14.3 Å². The van der Waals surface area contributed by atoms with Gasteiger partial charge in [0.25, 0.3) is 0 Å². The molecule has 7 heteroatoms. The average molecular weight is 464 g/mol. The van der Waals surface area contributed by atoms with Crippen molar-refractivity contribution in [3.8, 4) is 0 Å². The summed E-state index contributed by atoms with van der Waals surface area (Å²) in [7, 11) is 0. The van der Waals surface area contributed by atoms with Crippen LogP contribution in [-0.2, 0) is 0 Å². The maximum atomic E-state index is 9.81. The quantitative estimate of drug-likeness (QED) is 0.324.